The highest BCUT2D eigenvalue weighted by Crippen LogP contribution is 2.09. The van der Waals surface area contributed by atoms with E-state index in [2.05, 4.69) is 10.3 Å². The normalized spacial score (nSPS) is 10.8. The van der Waals surface area contributed by atoms with Crippen LogP contribution in [0.2, 0.25) is 0 Å². The minimum absolute atomic E-state index is 0.0390. The third-order valence-electron chi connectivity index (χ3n) is 3.20. The first-order valence-corrected chi connectivity index (χ1v) is 6.60. The lowest BCUT2D eigenvalue weighted by atomic mass is 10.2. The Labute approximate surface area is 121 Å². The molecule has 2 heterocycles. The van der Waals surface area contributed by atoms with E-state index in [-0.39, 0.29) is 12.1 Å². The van der Waals surface area contributed by atoms with Crippen LogP contribution in [0.5, 0.6) is 0 Å². The molecule has 1 aromatic carbocycles. The number of nitrogens with zero attached hydrogens (tertiary/aromatic N) is 2. The zero-order valence-corrected chi connectivity index (χ0v) is 11.5. The number of hydrogen-bond donors (Lipinski definition) is 1. The van der Waals surface area contributed by atoms with Crippen LogP contribution in [0, 0.1) is 12.7 Å². The molecule has 3 aromatic rings. The van der Waals surface area contributed by atoms with E-state index in [1.54, 1.807) is 12.1 Å². The van der Waals surface area contributed by atoms with Gasteiger partial charge in [-0.3, -0.25) is 4.79 Å². The topological polar surface area (TPSA) is 46.4 Å². The van der Waals surface area contributed by atoms with Crippen LogP contribution >= 0.6 is 0 Å². The van der Waals surface area contributed by atoms with Crippen molar-refractivity contribution in [1.82, 2.24) is 14.7 Å². The molecular formula is C16H14FN3O. The summed E-state index contributed by atoms with van der Waals surface area (Å²) in [6.07, 6.45) is 3.81. The SMILES string of the molecule is Cc1ccc2nc(CNC(=O)c3ccccc3F)cn2c1. The number of nitrogens with one attached hydrogen (secondary N) is 1. The van der Waals surface area contributed by atoms with Crippen molar-refractivity contribution in [3.63, 3.8) is 0 Å². The largest absolute Gasteiger partial charge is 0.346 e. The number of carbonyl (C=O) groups excluding carboxylic acids is 1. The van der Waals surface area contributed by atoms with Gasteiger partial charge in [0.15, 0.2) is 0 Å². The molecule has 106 valence electrons. The molecule has 3 rings (SSSR count). The van der Waals surface area contributed by atoms with Gasteiger partial charge in [0.05, 0.1) is 17.8 Å². The van der Waals surface area contributed by atoms with Crippen molar-refractivity contribution in [2.24, 2.45) is 0 Å². The summed E-state index contributed by atoms with van der Waals surface area (Å²) >= 11 is 0. The summed E-state index contributed by atoms with van der Waals surface area (Å²) in [7, 11) is 0. The van der Waals surface area contributed by atoms with Crippen LogP contribution in [-0.4, -0.2) is 15.3 Å². The van der Waals surface area contributed by atoms with Crippen LogP contribution in [-0.2, 0) is 6.54 Å². The first-order valence-electron chi connectivity index (χ1n) is 6.60. The van der Waals surface area contributed by atoms with Crippen molar-refractivity contribution in [2.75, 3.05) is 0 Å². The van der Waals surface area contributed by atoms with Gasteiger partial charge < -0.3 is 9.72 Å². The Balaban J connectivity index is 1.74. The molecule has 0 radical (unpaired) electrons. The smallest absolute Gasteiger partial charge is 0.254 e. The zero-order chi connectivity index (χ0) is 14.8. The second-order valence-corrected chi connectivity index (χ2v) is 4.87. The number of benzene rings is 1. The lowest BCUT2D eigenvalue weighted by Crippen LogP contribution is -2.23. The van der Waals surface area contributed by atoms with Crippen LogP contribution in [0.4, 0.5) is 4.39 Å². The van der Waals surface area contributed by atoms with E-state index in [4.69, 9.17) is 0 Å². The fraction of sp³-hybridized carbons (Fsp3) is 0.125. The Morgan fingerprint density at radius 3 is 2.86 bits per heavy atom. The Morgan fingerprint density at radius 1 is 1.24 bits per heavy atom. The summed E-state index contributed by atoms with van der Waals surface area (Å²) in [5, 5.41) is 2.68. The van der Waals surface area contributed by atoms with Crippen LogP contribution in [0.15, 0.2) is 48.8 Å². The van der Waals surface area contributed by atoms with Gasteiger partial charge in [-0.2, -0.15) is 0 Å². The summed E-state index contributed by atoms with van der Waals surface area (Å²) in [4.78, 5) is 16.3. The number of aryl methyl sites for hydroxylation is 1. The molecule has 2 aromatic heterocycles. The summed E-state index contributed by atoms with van der Waals surface area (Å²) < 4.78 is 15.4. The third-order valence-corrected chi connectivity index (χ3v) is 3.20. The van der Waals surface area contributed by atoms with E-state index in [0.717, 1.165) is 16.9 Å². The first kappa shape index (κ1) is 13.3. The van der Waals surface area contributed by atoms with Gasteiger partial charge in [-0.1, -0.05) is 18.2 Å². The molecule has 0 saturated heterocycles. The third kappa shape index (κ3) is 2.76. The number of hydrogen-bond acceptors (Lipinski definition) is 2. The molecule has 0 fully saturated rings. The molecule has 5 heteroatoms. The zero-order valence-electron chi connectivity index (χ0n) is 11.5. The molecular weight excluding hydrogens is 269 g/mol. The van der Waals surface area contributed by atoms with Gasteiger partial charge >= 0.3 is 0 Å². The van der Waals surface area contributed by atoms with E-state index >= 15 is 0 Å². The highest BCUT2D eigenvalue weighted by molar-refractivity contribution is 5.94. The minimum Gasteiger partial charge on any atom is -0.346 e. The van der Waals surface area contributed by atoms with Crippen molar-refractivity contribution in [3.05, 3.63) is 71.4 Å². The molecule has 0 saturated carbocycles. The predicted molar refractivity (Wildman–Crippen MR) is 77.5 cm³/mol. The van der Waals surface area contributed by atoms with Crippen LogP contribution in [0.1, 0.15) is 21.6 Å². The second kappa shape index (κ2) is 5.36. The Hall–Kier alpha value is -2.69. The summed E-state index contributed by atoms with van der Waals surface area (Å²) in [6.45, 7) is 2.26. The first-order chi connectivity index (χ1) is 10.1. The van der Waals surface area contributed by atoms with E-state index < -0.39 is 11.7 Å². The minimum atomic E-state index is -0.527. The molecule has 0 bridgehead atoms. The van der Waals surface area contributed by atoms with Crippen LogP contribution in [0.25, 0.3) is 5.65 Å². The predicted octanol–water partition coefficient (Wildman–Crippen LogP) is 2.71. The number of aromatic nitrogens is 2. The molecule has 1 N–H and O–H groups in total. The molecule has 4 nitrogen and oxygen atoms in total. The Kier molecular flexibility index (Phi) is 3.39. The van der Waals surface area contributed by atoms with Crippen molar-refractivity contribution in [3.8, 4) is 0 Å². The molecule has 0 aliphatic rings. The number of amides is 1. The number of imidazole rings is 1. The van der Waals surface area contributed by atoms with E-state index in [0.29, 0.717) is 0 Å². The number of rotatable bonds is 3. The Morgan fingerprint density at radius 2 is 2.05 bits per heavy atom. The summed E-state index contributed by atoms with van der Waals surface area (Å²) in [5.41, 5.74) is 2.71. The highest BCUT2D eigenvalue weighted by atomic mass is 19.1. The average molecular weight is 283 g/mol. The van der Waals surface area contributed by atoms with Crippen molar-refractivity contribution >= 4 is 11.6 Å². The number of pyridine rings is 1. The molecule has 0 unspecified atom stereocenters. The van der Waals surface area contributed by atoms with E-state index in [9.17, 15) is 9.18 Å². The van der Waals surface area contributed by atoms with Crippen LogP contribution < -0.4 is 5.32 Å². The maximum Gasteiger partial charge on any atom is 0.254 e. The molecule has 0 aliphatic carbocycles. The molecule has 0 spiro atoms. The summed E-state index contributed by atoms with van der Waals surface area (Å²) in [6, 6.07) is 9.80. The lowest BCUT2D eigenvalue weighted by Gasteiger charge is -2.03. The molecule has 0 aliphatic heterocycles. The summed E-state index contributed by atoms with van der Waals surface area (Å²) in [5.74, 6) is -0.970. The fourth-order valence-corrected chi connectivity index (χ4v) is 2.15. The number of fused-ring (bicyclic) bond motifs is 1. The lowest BCUT2D eigenvalue weighted by molar-refractivity contribution is 0.0946. The maximum atomic E-state index is 13.5. The quantitative estimate of drug-likeness (QED) is 0.803. The van der Waals surface area contributed by atoms with Crippen molar-refractivity contribution in [1.29, 1.82) is 0 Å². The maximum absolute atomic E-state index is 13.5. The second-order valence-electron chi connectivity index (χ2n) is 4.87. The standard InChI is InChI=1S/C16H14FN3O/c1-11-6-7-15-19-12(10-20(15)9-11)8-18-16(21)13-4-2-3-5-14(13)17/h2-7,9-10H,8H2,1H3,(H,18,21). The van der Waals surface area contributed by atoms with Gasteiger partial charge in [0, 0.05) is 12.4 Å². The molecule has 21 heavy (non-hydrogen) atoms. The van der Waals surface area contributed by atoms with Crippen LogP contribution in [0.3, 0.4) is 0 Å². The van der Waals surface area contributed by atoms with Gasteiger partial charge in [0.25, 0.3) is 5.91 Å². The molecule has 0 atom stereocenters. The molecule has 1 amide bonds. The van der Waals surface area contributed by atoms with Gasteiger partial charge in [0.2, 0.25) is 0 Å². The highest BCUT2D eigenvalue weighted by Gasteiger charge is 2.11. The average Bonchev–Trinajstić information content (AvgIpc) is 2.87. The van der Waals surface area contributed by atoms with Gasteiger partial charge in [-0.25, -0.2) is 9.37 Å². The van der Waals surface area contributed by atoms with Gasteiger partial charge in [0.1, 0.15) is 11.5 Å². The van der Waals surface area contributed by atoms with E-state index in [1.165, 1.54) is 12.1 Å². The van der Waals surface area contributed by atoms with E-state index in [1.807, 2.05) is 35.9 Å². The Bertz CT molecular complexity index is 810. The van der Waals surface area contributed by atoms with Crippen molar-refractivity contribution < 1.29 is 9.18 Å². The number of carbonyl (C=O) groups is 1. The van der Waals surface area contributed by atoms with Gasteiger partial charge in [-0.05, 0) is 30.7 Å². The van der Waals surface area contributed by atoms with Gasteiger partial charge in [-0.15, -0.1) is 0 Å². The monoisotopic (exact) mass is 283 g/mol. The number of halogens is 1. The van der Waals surface area contributed by atoms with Crippen molar-refractivity contribution in [2.45, 2.75) is 13.5 Å². The fourth-order valence-electron chi connectivity index (χ4n) is 2.15.